The van der Waals surface area contributed by atoms with Gasteiger partial charge in [-0.2, -0.15) is 0 Å². The third kappa shape index (κ3) is 6.30. The molecule has 0 nitrogen and oxygen atoms in total. The zero-order valence-electron chi connectivity index (χ0n) is 31.2. The normalized spacial score (nSPS) is 18.2. The first kappa shape index (κ1) is 35.3. The molecule has 2 aliphatic rings. The molecule has 0 saturated heterocycles. The Morgan fingerprint density at radius 3 is 1.25 bits per heavy atom. The van der Waals surface area contributed by atoms with E-state index in [0.717, 1.165) is 12.8 Å². The number of benzene rings is 4. The fourth-order valence-electron chi connectivity index (χ4n) is 8.68. The summed E-state index contributed by atoms with van der Waals surface area (Å²) in [6.07, 6.45) is 7.69. The van der Waals surface area contributed by atoms with Crippen molar-refractivity contribution in [3.05, 3.63) is 129 Å². The molecule has 6 rings (SSSR count). The van der Waals surface area contributed by atoms with Crippen molar-refractivity contribution in [3.63, 3.8) is 0 Å². The van der Waals surface area contributed by atoms with Gasteiger partial charge in [0.2, 0.25) is 0 Å². The summed E-state index contributed by atoms with van der Waals surface area (Å²) in [7, 11) is 0. The van der Waals surface area contributed by atoms with Crippen LogP contribution in [0.2, 0.25) is 13.1 Å². The molecular formula is C46H57HfSi. The average molecular weight is 817 g/mol. The molecule has 0 bridgehead atoms. The number of allylic oxidation sites excluding steroid dienone is 2. The molecule has 0 fully saturated rings. The van der Waals surface area contributed by atoms with Gasteiger partial charge in [-0.05, 0) is 0 Å². The first-order valence-corrected chi connectivity index (χ1v) is 32.1. The molecule has 2 aliphatic carbocycles. The SMILES string of the molecule is CCC(C)c1ccccc1-c1cccc2c1C=C(C(C)C)[CH]2[Hf]([CH]1C(C(C)C)=Cc2c(-c3ccccc3C(C)CC)cccc21)[SiH](C)C. The topological polar surface area (TPSA) is 0 Å². The van der Waals surface area contributed by atoms with Crippen LogP contribution in [-0.2, 0) is 20.6 Å². The van der Waals surface area contributed by atoms with E-state index in [-0.39, 0.29) is 0 Å². The van der Waals surface area contributed by atoms with Crippen LogP contribution in [0.4, 0.5) is 0 Å². The molecule has 0 amide bonds. The molecule has 0 spiro atoms. The van der Waals surface area contributed by atoms with Gasteiger partial charge in [-0.1, -0.05) is 0 Å². The van der Waals surface area contributed by atoms with Gasteiger partial charge in [0.25, 0.3) is 0 Å². The van der Waals surface area contributed by atoms with Crippen molar-refractivity contribution >= 4 is 18.1 Å². The van der Waals surface area contributed by atoms with E-state index < -0.39 is 26.6 Å². The minimum atomic E-state index is -2.49. The van der Waals surface area contributed by atoms with E-state index in [1.807, 2.05) is 0 Å². The van der Waals surface area contributed by atoms with Gasteiger partial charge < -0.3 is 0 Å². The van der Waals surface area contributed by atoms with Crippen molar-refractivity contribution in [2.45, 2.75) is 101 Å². The van der Waals surface area contributed by atoms with E-state index in [4.69, 9.17) is 0 Å². The Bertz CT molecular complexity index is 1710. The zero-order valence-corrected chi connectivity index (χ0v) is 35.9. The van der Waals surface area contributed by atoms with Crippen LogP contribution in [0, 0.1) is 11.8 Å². The van der Waals surface area contributed by atoms with Crippen molar-refractivity contribution < 1.29 is 20.6 Å². The molecule has 4 aromatic carbocycles. The van der Waals surface area contributed by atoms with Crippen LogP contribution in [0.3, 0.4) is 0 Å². The predicted molar refractivity (Wildman–Crippen MR) is 211 cm³/mol. The van der Waals surface area contributed by atoms with Gasteiger partial charge in [0.05, 0.1) is 0 Å². The van der Waals surface area contributed by atoms with Gasteiger partial charge in [-0.25, -0.2) is 0 Å². The van der Waals surface area contributed by atoms with Crippen LogP contribution in [0.25, 0.3) is 34.4 Å². The fraction of sp³-hybridized carbons (Fsp3) is 0.391. The molecule has 4 unspecified atom stereocenters. The van der Waals surface area contributed by atoms with E-state index in [1.54, 1.807) is 22.3 Å². The molecule has 2 heteroatoms. The van der Waals surface area contributed by atoms with Crippen molar-refractivity contribution in [1.82, 2.24) is 0 Å². The Hall–Kier alpha value is -2.55. The summed E-state index contributed by atoms with van der Waals surface area (Å²) in [4.78, 5) is 0. The maximum atomic E-state index is 2.72. The van der Waals surface area contributed by atoms with E-state index in [1.165, 1.54) is 44.5 Å². The zero-order chi connectivity index (χ0) is 34.3. The second-order valence-corrected chi connectivity index (χ2v) is 43.5. The van der Waals surface area contributed by atoms with Crippen LogP contribution >= 0.6 is 0 Å². The maximum absolute atomic E-state index is 2.72. The summed E-state index contributed by atoms with van der Waals surface area (Å²) in [5, 5.41) is 0. The van der Waals surface area contributed by atoms with E-state index in [0.29, 0.717) is 31.0 Å². The second kappa shape index (κ2) is 14.7. The van der Waals surface area contributed by atoms with Gasteiger partial charge in [0.15, 0.2) is 0 Å². The molecular weight excluding hydrogens is 759 g/mol. The molecule has 0 radical (unpaired) electrons. The van der Waals surface area contributed by atoms with Crippen LogP contribution < -0.4 is 0 Å². The molecule has 0 heterocycles. The second-order valence-electron chi connectivity index (χ2n) is 15.5. The predicted octanol–water partition coefficient (Wildman–Crippen LogP) is 13.5. The molecule has 4 aromatic rings. The standard InChI is InChI=1S/2C22H25.C2H7Si.Hf/c2*1-5-16(4)19-10-6-7-11-20(19)21-12-8-9-17-13-18(15(2)3)14-22(17)21;1-3-2;/h2*6-16H,5H2,1-4H3;3H,1-2H3;. The van der Waals surface area contributed by atoms with Gasteiger partial charge in [0.1, 0.15) is 0 Å². The van der Waals surface area contributed by atoms with Crippen LogP contribution in [0.1, 0.15) is 121 Å². The van der Waals surface area contributed by atoms with Crippen molar-refractivity contribution in [2.24, 2.45) is 11.8 Å². The van der Waals surface area contributed by atoms with Crippen LogP contribution in [0.5, 0.6) is 0 Å². The summed E-state index contributed by atoms with van der Waals surface area (Å²) >= 11 is -2.49. The summed E-state index contributed by atoms with van der Waals surface area (Å²) in [5.41, 5.74) is 18.6. The number of hydrogen-bond acceptors (Lipinski definition) is 0. The molecule has 0 aromatic heterocycles. The van der Waals surface area contributed by atoms with E-state index in [2.05, 4.69) is 166 Å². The van der Waals surface area contributed by atoms with Gasteiger partial charge in [0, 0.05) is 0 Å². The Morgan fingerprint density at radius 2 is 0.896 bits per heavy atom. The monoisotopic (exact) mass is 817 g/mol. The average Bonchev–Trinajstić information content (AvgIpc) is 3.67. The van der Waals surface area contributed by atoms with Crippen LogP contribution in [-0.4, -0.2) is 5.98 Å². The van der Waals surface area contributed by atoms with Crippen LogP contribution in [0.15, 0.2) is 96.1 Å². The summed E-state index contributed by atoms with van der Waals surface area (Å²) < 4.78 is 1.31. The minimum absolute atomic E-state index is 0.548. The molecule has 4 atom stereocenters. The van der Waals surface area contributed by atoms with Gasteiger partial charge >= 0.3 is 303 Å². The molecule has 0 aliphatic heterocycles. The fourth-order valence-corrected chi connectivity index (χ4v) is 41.8. The Balaban J connectivity index is 1.54. The van der Waals surface area contributed by atoms with Crippen molar-refractivity contribution in [3.8, 4) is 22.3 Å². The first-order valence-electron chi connectivity index (χ1n) is 18.8. The summed E-state index contributed by atoms with van der Waals surface area (Å²) in [6.45, 7) is 24.7. The third-order valence-corrected chi connectivity index (χ3v) is 42.2. The first-order chi connectivity index (χ1) is 23.1. The Morgan fingerprint density at radius 1 is 0.521 bits per heavy atom. The molecule has 249 valence electrons. The number of hydrogen-bond donors (Lipinski definition) is 0. The van der Waals surface area contributed by atoms with Crippen molar-refractivity contribution in [1.29, 1.82) is 0 Å². The number of fused-ring (bicyclic) bond motifs is 2. The van der Waals surface area contributed by atoms with E-state index in [9.17, 15) is 0 Å². The quantitative estimate of drug-likeness (QED) is 0.132. The summed E-state index contributed by atoms with van der Waals surface area (Å²) in [5.74, 6) is 1.22. The number of rotatable bonds is 11. The molecule has 0 saturated carbocycles. The summed E-state index contributed by atoms with van der Waals surface area (Å²) in [6, 6.07) is 33.2. The van der Waals surface area contributed by atoms with Gasteiger partial charge in [-0.15, -0.1) is 0 Å². The molecule has 48 heavy (non-hydrogen) atoms. The Labute approximate surface area is 300 Å². The van der Waals surface area contributed by atoms with Gasteiger partial charge in [-0.3, -0.25) is 0 Å². The van der Waals surface area contributed by atoms with Crippen molar-refractivity contribution in [2.75, 3.05) is 0 Å². The Kier molecular flexibility index (Phi) is 10.8. The molecule has 0 N–H and O–H groups in total. The van der Waals surface area contributed by atoms with E-state index >= 15 is 0 Å². The third-order valence-electron chi connectivity index (χ3n) is 11.6.